The molecule has 0 bridgehead atoms. The summed E-state index contributed by atoms with van der Waals surface area (Å²) in [4.78, 5) is 11.4. The molecule has 1 amide bonds. The van der Waals surface area contributed by atoms with E-state index < -0.39 is 0 Å². The molecule has 4 nitrogen and oxygen atoms in total. The maximum Gasteiger partial charge on any atom is 0.224 e. The van der Waals surface area contributed by atoms with E-state index in [9.17, 15) is 4.79 Å². The van der Waals surface area contributed by atoms with Crippen molar-refractivity contribution in [2.75, 3.05) is 19.6 Å². The number of aliphatic hydroxyl groups is 1. The normalized spacial score (nSPS) is 14.9. The summed E-state index contributed by atoms with van der Waals surface area (Å²) >= 11 is 0. The lowest BCUT2D eigenvalue weighted by Gasteiger charge is -2.12. The highest BCUT2D eigenvalue weighted by Crippen LogP contribution is 1.93. The Morgan fingerprint density at radius 1 is 1.43 bits per heavy atom. The molecule has 0 heterocycles. The van der Waals surface area contributed by atoms with E-state index >= 15 is 0 Å². The minimum Gasteiger partial charge on any atom is -0.393 e. The third-order valence-corrected chi connectivity index (χ3v) is 2.01. The van der Waals surface area contributed by atoms with E-state index in [1.54, 1.807) is 6.92 Å². The largest absolute Gasteiger partial charge is 0.393 e. The van der Waals surface area contributed by atoms with Crippen molar-refractivity contribution in [1.82, 2.24) is 10.6 Å². The van der Waals surface area contributed by atoms with Crippen molar-refractivity contribution in [2.45, 2.75) is 33.3 Å². The molecule has 2 unspecified atom stereocenters. The van der Waals surface area contributed by atoms with Gasteiger partial charge in [0.05, 0.1) is 6.10 Å². The van der Waals surface area contributed by atoms with Crippen LogP contribution in [-0.2, 0) is 4.79 Å². The van der Waals surface area contributed by atoms with Gasteiger partial charge in [0.2, 0.25) is 5.91 Å². The predicted molar refractivity (Wildman–Crippen MR) is 57.0 cm³/mol. The molecule has 0 rings (SSSR count). The van der Waals surface area contributed by atoms with Crippen molar-refractivity contribution >= 4 is 5.91 Å². The zero-order valence-corrected chi connectivity index (χ0v) is 9.34. The van der Waals surface area contributed by atoms with Crippen molar-refractivity contribution in [2.24, 2.45) is 5.92 Å². The van der Waals surface area contributed by atoms with Crippen LogP contribution in [0.1, 0.15) is 27.2 Å². The van der Waals surface area contributed by atoms with Gasteiger partial charge in [0.25, 0.3) is 0 Å². The molecule has 0 aromatic rings. The standard InChI is InChI=1S/C10H22N2O2/c1-4-11-7-8(2)10(14)12-6-5-9(3)13/h8-9,11,13H,4-7H2,1-3H3,(H,12,14). The molecule has 2 atom stereocenters. The molecular weight excluding hydrogens is 180 g/mol. The Bertz CT molecular complexity index is 160. The lowest BCUT2D eigenvalue weighted by Crippen LogP contribution is -2.36. The summed E-state index contributed by atoms with van der Waals surface area (Å²) in [5, 5.41) is 14.9. The second-order valence-electron chi connectivity index (χ2n) is 3.64. The zero-order chi connectivity index (χ0) is 11.0. The molecule has 0 aliphatic heterocycles. The minimum atomic E-state index is -0.348. The second kappa shape index (κ2) is 7.76. The average molecular weight is 202 g/mol. The van der Waals surface area contributed by atoms with Crippen LogP contribution in [0, 0.1) is 5.92 Å². The quantitative estimate of drug-likeness (QED) is 0.549. The summed E-state index contributed by atoms with van der Waals surface area (Å²) in [6.07, 6.45) is 0.263. The number of carbonyl (C=O) groups is 1. The number of rotatable bonds is 7. The predicted octanol–water partition coefficient (Wildman–Crippen LogP) is 0.119. The SMILES string of the molecule is CCNCC(C)C(=O)NCCC(C)O. The molecule has 0 aliphatic carbocycles. The van der Waals surface area contributed by atoms with Gasteiger partial charge in [-0.2, -0.15) is 0 Å². The fourth-order valence-electron chi connectivity index (χ4n) is 1.03. The maximum atomic E-state index is 11.4. The Balaban J connectivity index is 3.52. The summed E-state index contributed by atoms with van der Waals surface area (Å²) in [5.41, 5.74) is 0. The number of aliphatic hydroxyl groups excluding tert-OH is 1. The first kappa shape index (κ1) is 13.4. The highest BCUT2D eigenvalue weighted by Gasteiger charge is 2.11. The Labute approximate surface area is 86.1 Å². The van der Waals surface area contributed by atoms with Crippen LogP contribution in [-0.4, -0.2) is 36.8 Å². The molecular formula is C10H22N2O2. The van der Waals surface area contributed by atoms with Crippen LogP contribution < -0.4 is 10.6 Å². The maximum absolute atomic E-state index is 11.4. The topological polar surface area (TPSA) is 61.4 Å². The molecule has 0 saturated carbocycles. The number of nitrogens with one attached hydrogen (secondary N) is 2. The minimum absolute atomic E-state index is 0.0102. The van der Waals surface area contributed by atoms with Gasteiger partial charge in [-0.25, -0.2) is 0 Å². The molecule has 0 radical (unpaired) electrons. The van der Waals surface area contributed by atoms with Crippen molar-refractivity contribution in [1.29, 1.82) is 0 Å². The number of amides is 1. The third-order valence-electron chi connectivity index (χ3n) is 2.01. The van der Waals surface area contributed by atoms with E-state index in [4.69, 9.17) is 5.11 Å². The lowest BCUT2D eigenvalue weighted by atomic mass is 10.1. The van der Waals surface area contributed by atoms with Crippen molar-refractivity contribution in [3.8, 4) is 0 Å². The van der Waals surface area contributed by atoms with E-state index in [1.165, 1.54) is 0 Å². The van der Waals surface area contributed by atoms with Gasteiger partial charge in [-0.3, -0.25) is 4.79 Å². The highest BCUT2D eigenvalue weighted by molar-refractivity contribution is 5.78. The lowest BCUT2D eigenvalue weighted by molar-refractivity contribution is -0.124. The molecule has 0 aliphatic rings. The van der Waals surface area contributed by atoms with Gasteiger partial charge < -0.3 is 15.7 Å². The van der Waals surface area contributed by atoms with Crippen LogP contribution in [0.5, 0.6) is 0 Å². The first-order valence-corrected chi connectivity index (χ1v) is 5.24. The monoisotopic (exact) mass is 202 g/mol. The summed E-state index contributed by atoms with van der Waals surface area (Å²) in [6.45, 7) is 7.75. The second-order valence-corrected chi connectivity index (χ2v) is 3.64. The summed E-state index contributed by atoms with van der Waals surface area (Å²) < 4.78 is 0. The summed E-state index contributed by atoms with van der Waals surface area (Å²) in [5.74, 6) is 0.0375. The Kier molecular flexibility index (Phi) is 7.42. The Morgan fingerprint density at radius 2 is 2.07 bits per heavy atom. The van der Waals surface area contributed by atoms with Gasteiger partial charge in [0, 0.05) is 19.0 Å². The number of carbonyl (C=O) groups excluding carboxylic acids is 1. The van der Waals surface area contributed by atoms with E-state index in [1.807, 2.05) is 13.8 Å². The average Bonchev–Trinajstić information content (AvgIpc) is 2.13. The molecule has 0 fully saturated rings. The van der Waals surface area contributed by atoms with Crippen LogP contribution >= 0.6 is 0 Å². The van der Waals surface area contributed by atoms with Crippen LogP contribution in [0.4, 0.5) is 0 Å². The van der Waals surface area contributed by atoms with Crippen molar-refractivity contribution < 1.29 is 9.90 Å². The fourth-order valence-corrected chi connectivity index (χ4v) is 1.03. The highest BCUT2D eigenvalue weighted by atomic mass is 16.3. The first-order valence-electron chi connectivity index (χ1n) is 5.24. The van der Waals surface area contributed by atoms with Crippen LogP contribution in [0.3, 0.4) is 0 Å². The van der Waals surface area contributed by atoms with Crippen molar-refractivity contribution in [3.05, 3.63) is 0 Å². The summed E-state index contributed by atoms with van der Waals surface area (Å²) in [6, 6.07) is 0. The van der Waals surface area contributed by atoms with E-state index in [-0.39, 0.29) is 17.9 Å². The van der Waals surface area contributed by atoms with Crippen LogP contribution in [0.25, 0.3) is 0 Å². The van der Waals surface area contributed by atoms with Gasteiger partial charge in [-0.15, -0.1) is 0 Å². The smallest absolute Gasteiger partial charge is 0.224 e. The summed E-state index contributed by atoms with van der Waals surface area (Å²) in [7, 11) is 0. The molecule has 0 spiro atoms. The molecule has 84 valence electrons. The van der Waals surface area contributed by atoms with Gasteiger partial charge in [0.15, 0.2) is 0 Å². The van der Waals surface area contributed by atoms with Gasteiger partial charge in [-0.1, -0.05) is 13.8 Å². The zero-order valence-electron chi connectivity index (χ0n) is 9.34. The molecule has 0 aromatic carbocycles. The third kappa shape index (κ3) is 6.86. The Morgan fingerprint density at radius 3 is 2.57 bits per heavy atom. The van der Waals surface area contributed by atoms with Crippen molar-refractivity contribution in [3.63, 3.8) is 0 Å². The van der Waals surface area contributed by atoms with Crippen LogP contribution in [0.15, 0.2) is 0 Å². The van der Waals surface area contributed by atoms with Crippen LogP contribution in [0.2, 0.25) is 0 Å². The Hall–Kier alpha value is -0.610. The molecule has 4 heteroatoms. The van der Waals surface area contributed by atoms with E-state index in [2.05, 4.69) is 10.6 Å². The van der Waals surface area contributed by atoms with E-state index in [0.29, 0.717) is 19.5 Å². The molecule has 3 N–H and O–H groups in total. The molecule has 0 aromatic heterocycles. The van der Waals surface area contributed by atoms with Gasteiger partial charge in [0.1, 0.15) is 0 Å². The molecule has 14 heavy (non-hydrogen) atoms. The first-order chi connectivity index (χ1) is 6.57. The van der Waals surface area contributed by atoms with Gasteiger partial charge in [-0.05, 0) is 19.9 Å². The number of hydrogen-bond donors (Lipinski definition) is 3. The van der Waals surface area contributed by atoms with Gasteiger partial charge >= 0.3 is 0 Å². The number of hydrogen-bond acceptors (Lipinski definition) is 3. The fraction of sp³-hybridized carbons (Fsp3) is 0.900. The molecule has 0 saturated heterocycles. The van der Waals surface area contributed by atoms with E-state index in [0.717, 1.165) is 6.54 Å².